The highest BCUT2D eigenvalue weighted by molar-refractivity contribution is 5.91. The SMILES string of the molecule is CC1CCC(NC(=O)/C=C/c2ccc(N)cc2)C(C)C1. The number of rotatable bonds is 3. The third-order valence-corrected chi connectivity index (χ3v) is 4.12. The molecule has 108 valence electrons. The van der Waals surface area contributed by atoms with E-state index >= 15 is 0 Å². The van der Waals surface area contributed by atoms with E-state index in [0.717, 1.165) is 23.6 Å². The van der Waals surface area contributed by atoms with Crippen LogP contribution in [0, 0.1) is 11.8 Å². The maximum absolute atomic E-state index is 12.0. The van der Waals surface area contributed by atoms with Crippen molar-refractivity contribution in [3.05, 3.63) is 35.9 Å². The van der Waals surface area contributed by atoms with E-state index in [1.807, 2.05) is 30.3 Å². The first kappa shape index (κ1) is 14.6. The van der Waals surface area contributed by atoms with E-state index in [4.69, 9.17) is 5.73 Å². The minimum absolute atomic E-state index is 0.00627. The zero-order valence-electron chi connectivity index (χ0n) is 12.3. The molecule has 1 amide bonds. The van der Waals surface area contributed by atoms with Crippen LogP contribution in [0.3, 0.4) is 0 Å². The molecule has 1 aromatic carbocycles. The molecule has 3 unspecified atom stereocenters. The maximum atomic E-state index is 12.0. The predicted octanol–water partition coefficient (Wildman–Crippen LogP) is 3.22. The third-order valence-electron chi connectivity index (χ3n) is 4.12. The van der Waals surface area contributed by atoms with Gasteiger partial charge >= 0.3 is 0 Å². The lowest BCUT2D eigenvalue weighted by molar-refractivity contribution is -0.117. The fourth-order valence-electron chi connectivity index (χ4n) is 2.89. The van der Waals surface area contributed by atoms with E-state index in [-0.39, 0.29) is 5.91 Å². The molecule has 1 saturated carbocycles. The highest BCUT2D eigenvalue weighted by Crippen LogP contribution is 2.28. The van der Waals surface area contributed by atoms with E-state index in [2.05, 4.69) is 19.2 Å². The molecule has 0 spiro atoms. The van der Waals surface area contributed by atoms with Crippen molar-refractivity contribution in [2.45, 2.75) is 39.2 Å². The second kappa shape index (κ2) is 6.60. The minimum atomic E-state index is -0.00627. The molecule has 2 rings (SSSR count). The summed E-state index contributed by atoms with van der Waals surface area (Å²) in [6.07, 6.45) is 6.93. The highest BCUT2D eigenvalue weighted by atomic mass is 16.1. The molecule has 0 saturated heterocycles. The average molecular weight is 272 g/mol. The van der Waals surface area contributed by atoms with Crippen LogP contribution in [0.25, 0.3) is 6.08 Å². The average Bonchev–Trinajstić information content (AvgIpc) is 2.41. The molecule has 3 heteroatoms. The molecule has 3 N–H and O–H groups in total. The number of hydrogen-bond acceptors (Lipinski definition) is 2. The van der Waals surface area contributed by atoms with Gasteiger partial charge in [-0.15, -0.1) is 0 Å². The fourth-order valence-corrected chi connectivity index (χ4v) is 2.89. The molecule has 3 nitrogen and oxygen atoms in total. The third kappa shape index (κ3) is 4.12. The topological polar surface area (TPSA) is 55.1 Å². The van der Waals surface area contributed by atoms with Gasteiger partial charge < -0.3 is 11.1 Å². The summed E-state index contributed by atoms with van der Waals surface area (Å²) in [5.74, 6) is 1.34. The molecular weight excluding hydrogens is 248 g/mol. The number of benzene rings is 1. The Morgan fingerprint density at radius 2 is 1.95 bits per heavy atom. The van der Waals surface area contributed by atoms with E-state index in [9.17, 15) is 4.79 Å². The van der Waals surface area contributed by atoms with E-state index in [1.54, 1.807) is 6.08 Å². The quantitative estimate of drug-likeness (QED) is 0.655. The lowest BCUT2D eigenvalue weighted by Gasteiger charge is -2.32. The molecule has 0 aromatic heterocycles. The van der Waals surface area contributed by atoms with Crippen molar-refractivity contribution in [1.82, 2.24) is 5.32 Å². The summed E-state index contributed by atoms with van der Waals surface area (Å²) in [5.41, 5.74) is 7.35. The number of hydrogen-bond donors (Lipinski definition) is 2. The van der Waals surface area contributed by atoms with Gasteiger partial charge in [-0.3, -0.25) is 4.79 Å². The van der Waals surface area contributed by atoms with E-state index in [0.29, 0.717) is 12.0 Å². The molecular formula is C17H24N2O. The van der Waals surface area contributed by atoms with E-state index < -0.39 is 0 Å². The number of carbonyl (C=O) groups excluding carboxylic acids is 1. The second-order valence-electron chi connectivity index (χ2n) is 6.01. The number of nitrogen functional groups attached to an aromatic ring is 1. The Kier molecular flexibility index (Phi) is 4.83. The highest BCUT2D eigenvalue weighted by Gasteiger charge is 2.25. The Hall–Kier alpha value is -1.77. The standard InChI is InChI=1S/C17H24N2O/c1-12-3-9-16(13(2)11-12)19-17(20)10-6-14-4-7-15(18)8-5-14/h4-8,10,12-13,16H,3,9,11,18H2,1-2H3,(H,19,20)/b10-6+. The molecule has 0 radical (unpaired) electrons. The van der Waals surface area contributed by atoms with Crippen LogP contribution < -0.4 is 11.1 Å². The zero-order chi connectivity index (χ0) is 14.5. The Bertz CT molecular complexity index is 478. The fraction of sp³-hybridized carbons (Fsp3) is 0.471. The van der Waals surface area contributed by atoms with Crippen LogP contribution in [0.4, 0.5) is 5.69 Å². The van der Waals surface area contributed by atoms with Crippen LogP contribution in [-0.2, 0) is 4.79 Å². The van der Waals surface area contributed by atoms with Crippen LogP contribution in [0.2, 0.25) is 0 Å². The van der Waals surface area contributed by atoms with Gasteiger partial charge in [-0.1, -0.05) is 26.0 Å². The van der Waals surface area contributed by atoms with Crippen LogP contribution in [0.1, 0.15) is 38.7 Å². The van der Waals surface area contributed by atoms with Crippen molar-refractivity contribution in [1.29, 1.82) is 0 Å². The largest absolute Gasteiger partial charge is 0.399 e. The summed E-state index contributed by atoms with van der Waals surface area (Å²) in [4.78, 5) is 12.0. The Morgan fingerprint density at radius 3 is 2.60 bits per heavy atom. The first-order valence-electron chi connectivity index (χ1n) is 7.38. The zero-order valence-corrected chi connectivity index (χ0v) is 12.3. The Labute approximate surface area is 121 Å². The normalized spacial score (nSPS) is 26.6. The molecule has 3 atom stereocenters. The van der Waals surface area contributed by atoms with Gasteiger partial charge in [0.15, 0.2) is 0 Å². The monoisotopic (exact) mass is 272 g/mol. The summed E-state index contributed by atoms with van der Waals surface area (Å²) in [6, 6.07) is 7.80. The van der Waals surface area contributed by atoms with Crippen molar-refractivity contribution < 1.29 is 4.79 Å². The second-order valence-corrected chi connectivity index (χ2v) is 6.01. The smallest absolute Gasteiger partial charge is 0.244 e. The summed E-state index contributed by atoms with van der Waals surface area (Å²) in [6.45, 7) is 4.51. The van der Waals surface area contributed by atoms with Crippen molar-refractivity contribution in [3.8, 4) is 0 Å². The first-order valence-corrected chi connectivity index (χ1v) is 7.38. The van der Waals surface area contributed by atoms with Gasteiger partial charge in [0.05, 0.1) is 0 Å². The molecule has 0 bridgehead atoms. The molecule has 1 fully saturated rings. The van der Waals surface area contributed by atoms with Crippen LogP contribution in [0.5, 0.6) is 0 Å². The van der Waals surface area contributed by atoms with Gasteiger partial charge in [0.25, 0.3) is 0 Å². The summed E-state index contributed by atoms with van der Waals surface area (Å²) >= 11 is 0. The maximum Gasteiger partial charge on any atom is 0.244 e. The molecule has 0 aliphatic heterocycles. The van der Waals surface area contributed by atoms with Gasteiger partial charge in [0.2, 0.25) is 5.91 Å². The van der Waals surface area contributed by atoms with Crippen LogP contribution >= 0.6 is 0 Å². The van der Waals surface area contributed by atoms with Gasteiger partial charge in [0, 0.05) is 17.8 Å². The van der Waals surface area contributed by atoms with Gasteiger partial charge in [-0.05, 0) is 54.9 Å². The molecule has 1 aromatic rings. The molecule has 1 aliphatic rings. The van der Waals surface area contributed by atoms with E-state index in [1.165, 1.54) is 12.8 Å². The van der Waals surface area contributed by atoms with Crippen LogP contribution in [-0.4, -0.2) is 11.9 Å². The van der Waals surface area contributed by atoms with Crippen LogP contribution in [0.15, 0.2) is 30.3 Å². The summed E-state index contributed by atoms with van der Waals surface area (Å²) in [7, 11) is 0. The van der Waals surface area contributed by atoms with Crippen molar-refractivity contribution in [2.75, 3.05) is 5.73 Å². The van der Waals surface area contributed by atoms with Gasteiger partial charge in [-0.2, -0.15) is 0 Å². The summed E-state index contributed by atoms with van der Waals surface area (Å²) < 4.78 is 0. The van der Waals surface area contributed by atoms with Gasteiger partial charge in [0.1, 0.15) is 0 Å². The number of nitrogens with one attached hydrogen (secondary N) is 1. The molecule has 20 heavy (non-hydrogen) atoms. The number of anilines is 1. The molecule has 1 aliphatic carbocycles. The lowest BCUT2D eigenvalue weighted by Crippen LogP contribution is -2.41. The lowest BCUT2D eigenvalue weighted by atomic mass is 9.80. The molecule has 0 heterocycles. The summed E-state index contributed by atoms with van der Waals surface area (Å²) in [5, 5.41) is 3.12. The van der Waals surface area contributed by atoms with Crippen molar-refractivity contribution in [2.24, 2.45) is 11.8 Å². The Balaban J connectivity index is 1.87. The minimum Gasteiger partial charge on any atom is -0.399 e. The predicted molar refractivity (Wildman–Crippen MR) is 84.0 cm³/mol. The van der Waals surface area contributed by atoms with Gasteiger partial charge in [-0.25, -0.2) is 0 Å². The van der Waals surface area contributed by atoms with Crippen molar-refractivity contribution in [3.63, 3.8) is 0 Å². The number of nitrogens with two attached hydrogens (primary N) is 1. The Morgan fingerprint density at radius 1 is 1.25 bits per heavy atom. The first-order chi connectivity index (χ1) is 9.54. The number of amides is 1. The van der Waals surface area contributed by atoms with Crippen molar-refractivity contribution >= 4 is 17.7 Å². The number of carbonyl (C=O) groups is 1.